The summed E-state index contributed by atoms with van der Waals surface area (Å²) in [6.45, 7) is 4.62. The van der Waals surface area contributed by atoms with Gasteiger partial charge in [-0.2, -0.15) is 0 Å². The molecular formula is C14H18N2O. The maximum absolute atomic E-state index is 12.0. The molecule has 3 nitrogen and oxygen atoms in total. The van der Waals surface area contributed by atoms with E-state index in [9.17, 15) is 4.79 Å². The molecule has 17 heavy (non-hydrogen) atoms. The fourth-order valence-electron chi connectivity index (χ4n) is 2.00. The Morgan fingerprint density at radius 3 is 2.88 bits per heavy atom. The predicted molar refractivity (Wildman–Crippen MR) is 69.5 cm³/mol. The average Bonchev–Trinajstić information content (AvgIpc) is 2.38. The summed E-state index contributed by atoms with van der Waals surface area (Å²) in [4.78, 5) is 13.9. The molecule has 1 saturated heterocycles. The van der Waals surface area contributed by atoms with Gasteiger partial charge < -0.3 is 10.2 Å². The first-order valence-electron chi connectivity index (χ1n) is 6.02. The fraction of sp³-hybridized carbons (Fsp3) is 0.357. The van der Waals surface area contributed by atoms with Crippen LogP contribution in [0.3, 0.4) is 0 Å². The molecule has 1 aromatic rings. The zero-order valence-corrected chi connectivity index (χ0v) is 10.1. The second kappa shape index (κ2) is 5.64. The molecule has 0 saturated carbocycles. The van der Waals surface area contributed by atoms with Crippen molar-refractivity contribution in [2.75, 3.05) is 19.6 Å². The highest BCUT2D eigenvalue weighted by Crippen LogP contribution is 2.06. The number of nitrogens with one attached hydrogen (secondary N) is 1. The van der Waals surface area contributed by atoms with E-state index in [2.05, 4.69) is 12.2 Å². The van der Waals surface area contributed by atoms with Gasteiger partial charge in [0, 0.05) is 31.8 Å². The lowest BCUT2D eigenvalue weighted by Gasteiger charge is -2.33. The number of hydrogen-bond donors (Lipinski definition) is 1. The Labute approximate surface area is 102 Å². The van der Waals surface area contributed by atoms with Gasteiger partial charge in [0.2, 0.25) is 5.91 Å². The molecule has 0 bridgehead atoms. The van der Waals surface area contributed by atoms with E-state index in [1.54, 1.807) is 6.08 Å². The van der Waals surface area contributed by atoms with Gasteiger partial charge in [0.25, 0.3) is 0 Å². The molecule has 0 spiro atoms. The van der Waals surface area contributed by atoms with E-state index in [0.717, 1.165) is 25.2 Å². The minimum atomic E-state index is 0.0999. The van der Waals surface area contributed by atoms with Crippen LogP contribution in [-0.2, 0) is 4.79 Å². The average molecular weight is 230 g/mol. The number of nitrogens with zero attached hydrogens (tertiary/aromatic N) is 1. The normalized spacial score (nSPS) is 20.8. The third-order valence-electron chi connectivity index (χ3n) is 3.00. The summed E-state index contributed by atoms with van der Waals surface area (Å²) in [6.07, 6.45) is 3.54. The van der Waals surface area contributed by atoms with Crippen molar-refractivity contribution in [1.29, 1.82) is 0 Å². The van der Waals surface area contributed by atoms with Crippen molar-refractivity contribution >= 4 is 12.0 Å². The Kier molecular flexibility index (Phi) is 3.94. The van der Waals surface area contributed by atoms with E-state index < -0.39 is 0 Å². The molecule has 1 amide bonds. The van der Waals surface area contributed by atoms with Crippen molar-refractivity contribution < 1.29 is 4.79 Å². The van der Waals surface area contributed by atoms with Gasteiger partial charge in [-0.25, -0.2) is 0 Å². The lowest BCUT2D eigenvalue weighted by atomic mass is 10.2. The van der Waals surface area contributed by atoms with E-state index in [1.807, 2.05) is 41.3 Å². The van der Waals surface area contributed by atoms with Gasteiger partial charge in [-0.3, -0.25) is 4.79 Å². The third-order valence-corrected chi connectivity index (χ3v) is 3.00. The van der Waals surface area contributed by atoms with Gasteiger partial charge >= 0.3 is 0 Å². The number of rotatable bonds is 2. The third kappa shape index (κ3) is 3.17. The van der Waals surface area contributed by atoms with Crippen molar-refractivity contribution in [2.45, 2.75) is 13.0 Å². The summed E-state index contributed by atoms with van der Waals surface area (Å²) in [6, 6.07) is 10.2. The summed E-state index contributed by atoms with van der Waals surface area (Å²) in [7, 11) is 0. The van der Waals surface area contributed by atoms with Gasteiger partial charge in [-0.1, -0.05) is 30.3 Å². The SMILES string of the molecule is CC1CNCCN1C(=O)C=Cc1ccccc1. The molecule has 1 unspecified atom stereocenters. The molecule has 90 valence electrons. The number of benzene rings is 1. The van der Waals surface area contributed by atoms with E-state index in [4.69, 9.17) is 0 Å². The predicted octanol–water partition coefficient (Wildman–Crippen LogP) is 1.52. The lowest BCUT2D eigenvalue weighted by molar-refractivity contribution is -0.128. The molecule has 2 rings (SSSR count). The van der Waals surface area contributed by atoms with Crippen molar-refractivity contribution in [3.63, 3.8) is 0 Å². The molecule has 1 fully saturated rings. The van der Waals surface area contributed by atoms with Crippen molar-refractivity contribution in [3.8, 4) is 0 Å². The summed E-state index contributed by atoms with van der Waals surface area (Å²) >= 11 is 0. The van der Waals surface area contributed by atoms with E-state index in [0.29, 0.717) is 0 Å². The van der Waals surface area contributed by atoms with Crippen molar-refractivity contribution in [3.05, 3.63) is 42.0 Å². The standard InChI is InChI=1S/C14H18N2O/c1-12-11-15-9-10-16(12)14(17)8-7-13-5-3-2-4-6-13/h2-8,12,15H,9-11H2,1H3. The minimum absolute atomic E-state index is 0.0999. The van der Waals surface area contributed by atoms with Gasteiger partial charge in [-0.15, -0.1) is 0 Å². The molecule has 1 N–H and O–H groups in total. The second-order valence-electron chi connectivity index (χ2n) is 4.33. The molecule has 1 heterocycles. The van der Waals surface area contributed by atoms with E-state index in [1.165, 1.54) is 0 Å². The highest BCUT2D eigenvalue weighted by Gasteiger charge is 2.20. The number of carbonyl (C=O) groups excluding carboxylic acids is 1. The number of piperazine rings is 1. The zero-order valence-electron chi connectivity index (χ0n) is 10.1. The Balaban J connectivity index is 1.99. The van der Waals surface area contributed by atoms with Crippen LogP contribution in [0.2, 0.25) is 0 Å². The summed E-state index contributed by atoms with van der Waals surface area (Å²) in [5.41, 5.74) is 1.06. The lowest BCUT2D eigenvalue weighted by Crippen LogP contribution is -2.51. The van der Waals surface area contributed by atoms with Crippen LogP contribution in [0.5, 0.6) is 0 Å². The van der Waals surface area contributed by atoms with Crippen molar-refractivity contribution in [2.24, 2.45) is 0 Å². The molecule has 3 heteroatoms. The first kappa shape index (κ1) is 11.9. The van der Waals surface area contributed by atoms with Gasteiger partial charge in [-0.05, 0) is 18.6 Å². The number of carbonyl (C=O) groups is 1. The van der Waals surface area contributed by atoms with Gasteiger partial charge in [0.15, 0.2) is 0 Å². The maximum Gasteiger partial charge on any atom is 0.246 e. The van der Waals surface area contributed by atoms with Gasteiger partial charge in [0.1, 0.15) is 0 Å². The van der Waals surface area contributed by atoms with Gasteiger partial charge in [0.05, 0.1) is 0 Å². The largest absolute Gasteiger partial charge is 0.334 e. The molecule has 1 aliphatic rings. The van der Waals surface area contributed by atoms with Crippen molar-refractivity contribution in [1.82, 2.24) is 10.2 Å². The summed E-state index contributed by atoms with van der Waals surface area (Å²) < 4.78 is 0. The molecule has 0 radical (unpaired) electrons. The maximum atomic E-state index is 12.0. The van der Waals surface area contributed by atoms with Crippen LogP contribution >= 0.6 is 0 Å². The van der Waals surface area contributed by atoms with Crippen LogP contribution in [0.25, 0.3) is 6.08 Å². The Bertz CT molecular complexity index is 400. The topological polar surface area (TPSA) is 32.3 Å². The Morgan fingerprint density at radius 2 is 2.18 bits per heavy atom. The highest BCUT2D eigenvalue weighted by atomic mass is 16.2. The van der Waals surface area contributed by atoms with E-state index in [-0.39, 0.29) is 11.9 Å². The highest BCUT2D eigenvalue weighted by molar-refractivity contribution is 5.92. The van der Waals surface area contributed by atoms with Crippen LogP contribution < -0.4 is 5.32 Å². The minimum Gasteiger partial charge on any atom is -0.334 e. The number of amides is 1. The second-order valence-corrected chi connectivity index (χ2v) is 4.33. The smallest absolute Gasteiger partial charge is 0.246 e. The molecule has 1 aromatic carbocycles. The molecular weight excluding hydrogens is 212 g/mol. The van der Waals surface area contributed by atoms with Crippen LogP contribution in [0.15, 0.2) is 36.4 Å². The zero-order chi connectivity index (χ0) is 12.1. The molecule has 0 aliphatic carbocycles. The van der Waals surface area contributed by atoms with Crippen LogP contribution in [0.1, 0.15) is 12.5 Å². The molecule has 1 aliphatic heterocycles. The molecule has 0 aromatic heterocycles. The van der Waals surface area contributed by atoms with Crippen LogP contribution in [0, 0.1) is 0 Å². The quantitative estimate of drug-likeness (QED) is 0.781. The fourth-order valence-corrected chi connectivity index (χ4v) is 2.00. The first-order chi connectivity index (χ1) is 8.27. The number of hydrogen-bond acceptors (Lipinski definition) is 2. The monoisotopic (exact) mass is 230 g/mol. The Morgan fingerprint density at radius 1 is 1.41 bits per heavy atom. The summed E-state index contributed by atoms with van der Waals surface area (Å²) in [5.74, 6) is 0.0999. The van der Waals surface area contributed by atoms with Crippen LogP contribution in [-0.4, -0.2) is 36.5 Å². The van der Waals surface area contributed by atoms with Crippen LogP contribution in [0.4, 0.5) is 0 Å². The van der Waals surface area contributed by atoms with E-state index >= 15 is 0 Å². The molecule has 1 atom stereocenters. The summed E-state index contributed by atoms with van der Waals surface area (Å²) in [5, 5.41) is 3.28. The Hall–Kier alpha value is -1.61. The first-order valence-corrected chi connectivity index (χ1v) is 6.02.